The fourth-order valence-corrected chi connectivity index (χ4v) is 4.16. The van der Waals surface area contributed by atoms with Gasteiger partial charge < -0.3 is 19.5 Å². The van der Waals surface area contributed by atoms with Crippen molar-refractivity contribution < 1.29 is 37.8 Å². The van der Waals surface area contributed by atoms with Gasteiger partial charge in [0.15, 0.2) is 18.1 Å². The Kier molecular flexibility index (Phi) is 8.94. The first-order valence-corrected chi connectivity index (χ1v) is 11.8. The first-order chi connectivity index (χ1) is 17.1. The molecule has 1 aliphatic heterocycles. The third kappa shape index (κ3) is 6.98. The predicted molar refractivity (Wildman–Crippen MR) is 132 cm³/mol. The molecule has 9 nitrogen and oxygen atoms in total. The quantitative estimate of drug-likeness (QED) is 0.368. The Labute approximate surface area is 215 Å². The SMILES string of the molecule is COc1cc(/C=C2/SC(=O)N(CC(=O)OC(C)C)C2=O)cc(Cl)c1OCC(=O)Nc1ccc(F)cc1. The molecule has 0 bridgehead atoms. The number of carbonyl (C=O) groups excluding carboxylic acids is 4. The number of nitrogens with one attached hydrogen (secondary N) is 1. The Morgan fingerprint density at radius 1 is 1.19 bits per heavy atom. The van der Waals surface area contributed by atoms with Crippen LogP contribution < -0.4 is 14.8 Å². The van der Waals surface area contributed by atoms with Crippen LogP contribution >= 0.6 is 23.4 Å². The molecule has 2 aromatic rings. The minimum absolute atomic E-state index is 0.0859. The van der Waals surface area contributed by atoms with Gasteiger partial charge in [0.05, 0.1) is 23.1 Å². The number of methoxy groups -OCH3 is 1. The highest BCUT2D eigenvalue weighted by Crippen LogP contribution is 2.39. The number of carbonyl (C=O) groups is 4. The van der Waals surface area contributed by atoms with E-state index >= 15 is 0 Å². The third-order valence-electron chi connectivity index (χ3n) is 4.55. The molecule has 36 heavy (non-hydrogen) atoms. The molecule has 1 N–H and O–H groups in total. The Balaban J connectivity index is 1.70. The predicted octanol–water partition coefficient (Wildman–Crippen LogP) is 4.49. The molecular formula is C24H22ClFN2O7S. The highest BCUT2D eigenvalue weighted by molar-refractivity contribution is 8.18. The number of ether oxygens (including phenoxy) is 3. The van der Waals surface area contributed by atoms with Gasteiger partial charge in [-0.05, 0) is 73.6 Å². The molecule has 12 heteroatoms. The minimum atomic E-state index is -0.691. The maximum Gasteiger partial charge on any atom is 0.326 e. The van der Waals surface area contributed by atoms with Crippen LogP contribution in [-0.2, 0) is 19.1 Å². The molecule has 0 aromatic heterocycles. The largest absolute Gasteiger partial charge is 0.493 e. The lowest BCUT2D eigenvalue weighted by Crippen LogP contribution is -2.35. The smallest absolute Gasteiger partial charge is 0.326 e. The second kappa shape index (κ2) is 11.9. The minimum Gasteiger partial charge on any atom is -0.493 e. The van der Waals surface area contributed by atoms with Crippen molar-refractivity contribution in [2.45, 2.75) is 20.0 Å². The van der Waals surface area contributed by atoms with Gasteiger partial charge in [-0.25, -0.2) is 4.39 Å². The monoisotopic (exact) mass is 536 g/mol. The average Bonchev–Trinajstić information content (AvgIpc) is 3.06. The second-order valence-corrected chi connectivity index (χ2v) is 9.08. The Morgan fingerprint density at radius 3 is 2.53 bits per heavy atom. The molecule has 0 unspecified atom stereocenters. The van der Waals surface area contributed by atoms with Gasteiger partial charge in [0.25, 0.3) is 17.1 Å². The van der Waals surface area contributed by atoms with Crippen LogP contribution in [0, 0.1) is 5.82 Å². The Bertz CT molecular complexity index is 1220. The Hall–Kier alpha value is -3.57. The molecule has 3 amide bonds. The highest BCUT2D eigenvalue weighted by Gasteiger charge is 2.37. The fourth-order valence-electron chi connectivity index (χ4n) is 3.05. The van der Waals surface area contributed by atoms with Crippen molar-refractivity contribution >= 4 is 58.1 Å². The standard InChI is InChI=1S/C24H22ClFN2O7S/c1-13(2)35-21(30)11-28-23(31)19(36-24(28)32)10-14-8-17(25)22(18(9-14)33-3)34-12-20(29)27-16-6-4-15(26)5-7-16/h4-10,13H,11-12H2,1-3H3,(H,27,29)/b19-10+. The Morgan fingerprint density at radius 2 is 1.89 bits per heavy atom. The van der Waals surface area contributed by atoms with Crippen LogP contribution in [0.2, 0.25) is 5.02 Å². The van der Waals surface area contributed by atoms with E-state index in [1.807, 2.05) is 0 Å². The van der Waals surface area contributed by atoms with Crippen molar-refractivity contribution in [2.75, 3.05) is 25.6 Å². The zero-order chi connectivity index (χ0) is 26.4. The molecule has 0 radical (unpaired) electrons. The number of amides is 3. The summed E-state index contributed by atoms with van der Waals surface area (Å²) in [5, 5.41) is 2.05. The van der Waals surface area contributed by atoms with Crippen molar-refractivity contribution in [3.05, 3.63) is 57.7 Å². The molecule has 1 saturated heterocycles. The lowest BCUT2D eigenvalue weighted by Gasteiger charge is -2.14. The van der Waals surface area contributed by atoms with E-state index in [1.54, 1.807) is 13.8 Å². The van der Waals surface area contributed by atoms with Gasteiger partial charge in [-0.1, -0.05) is 11.6 Å². The van der Waals surface area contributed by atoms with Crippen molar-refractivity contribution in [1.82, 2.24) is 4.90 Å². The van der Waals surface area contributed by atoms with E-state index in [1.165, 1.54) is 49.6 Å². The summed E-state index contributed by atoms with van der Waals surface area (Å²) in [6, 6.07) is 8.22. The summed E-state index contributed by atoms with van der Waals surface area (Å²) in [6.07, 6.45) is 1.05. The number of imide groups is 1. The van der Waals surface area contributed by atoms with Crippen molar-refractivity contribution in [2.24, 2.45) is 0 Å². The molecule has 0 aliphatic carbocycles. The van der Waals surface area contributed by atoms with Gasteiger partial charge in [0.1, 0.15) is 12.4 Å². The number of halogens is 2. The second-order valence-electron chi connectivity index (χ2n) is 7.68. The molecule has 0 atom stereocenters. The number of nitrogens with zero attached hydrogens (tertiary/aromatic N) is 1. The van der Waals surface area contributed by atoms with Crippen LogP contribution in [0.4, 0.5) is 14.9 Å². The van der Waals surface area contributed by atoms with Crippen LogP contribution in [0.5, 0.6) is 11.5 Å². The average molecular weight is 537 g/mol. The number of hydrogen-bond donors (Lipinski definition) is 1. The maximum absolute atomic E-state index is 13.0. The van der Waals surface area contributed by atoms with Crippen molar-refractivity contribution in [3.63, 3.8) is 0 Å². The lowest BCUT2D eigenvalue weighted by molar-refractivity contribution is -0.149. The maximum atomic E-state index is 13.0. The summed E-state index contributed by atoms with van der Waals surface area (Å²) < 4.78 is 28.8. The molecule has 0 saturated carbocycles. The molecule has 3 rings (SSSR count). The molecule has 1 heterocycles. The molecule has 1 aliphatic rings. The van der Waals surface area contributed by atoms with Gasteiger partial charge in [0, 0.05) is 5.69 Å². The molecular weight excluding hydrogens is 515 g/mol. The van der Waals surface area contributed by atoms with Gasteiger partial charge in [-0.15, -0.1) is 0 Å². The van der Waals surface area contributed by atoms with Crippen LogP contribution in [0.15, 0.2) is 41.3 Å². The van der Waals surface area contributed by atoms with Crippen molar-refractivity contribution in [3.8, 4) is 11.5 Å². The summed E-state index contributed by atoms with van der Waals surface area (Å²) in [6.45, 7) is 2.43. The van der Waals surface area contributed by atoms with Gasteiger partial charge in [-0.3, -0.25) is 24.1 Å². The molecule has 190 valence electrons. The number of thioether (sulfide) groups is 1. The summed E-state index contributed by atoms with van der Waals surface area (Å²) in [5.41, 5.74) is 0.819. The summed E-state index contributed by atoms with van der Waals surface area (Å²) in [4.78, 5) is 49.8. The number of rotatable bonds is 9. The van der Waals surface area contributed by atoms with Gasteiger partial charge in [-0.2, -0.15) is 0 Å². The highest BCUT2D eigenvalue weighted by atomic mass is 35.5. The lowest BCUT2D eigenvalue weighted by atomic mass is 10.1. The summed E-state index contributed by atoms with van der Waals surface area (Å²) in [5.74, 6) is -1.99. The number of anilines is 1. The fraction of sp³-hybridized carbons (Fsp3) is 0.250. The van der Waals surface area contributed by atoms with Crippen LogP contribution in [0.3, 0.4) is 0 Å². The van der Waals surface area contributed by atoms with E-state index in [0.717, 1.165) is 4.90 Å². The van der Waals surface area contributed by atoms with E-state index in [0.29, 0.717) is 23.0 Å². The van der Waals surface area contributed by atoms with Gasteiger partial charge >= 0.3 is 5.97 Å². The zero-order valence-corrected chi connectivity index (χ0v) is 21.1. The van der Waals surface area contributed by atoms with E-state index in [9.17, 15) is 23.6 Å². The molecule has 2 aromatic carbocycles. The van der Waals surface area contributed by atoms with Crippen LogP contribution in [0.1, 0.15) is 19.4 Å². The molecule has 0 spiro atoms. The van der Waals surface area contributed by atoms with E-state index in [-0.39, 0.29) is 27.5 Å². The topological polar surface area (TPSA) is 111 Å². The van der Waals surface area contributed by atoms with E-state index in [2.05, 4.69) is 5.32 Å². The normalized spacial score (nSPS) is 14.4. The van der Waals surface area contributed by atoms with Crippen LogP contribution in [-0.4, -0.2) is 54.3 Å². The van der Waals surface area contributed by atoms with Gasteiger partial charge in [0.2, 0.25) is 0 Å². The van der Waals surface area contributed by atoms with E-state index in [4.69, 9.17) is 25.8 Å². The summed E-state index contributed by atoms with van der Waals surface area (Å²) >= 11 is 7.01. The first kappa shape index (κ1) is 27.0. The van der Waals surface area contributed by atoms with E-state index < -0.39 is 42.0 Å². The summed E-state index contributed by atoms with van der Waals surface area (Å²) in [7, 11) is 1.37. The number of benzene rings is 2. The zero-order valence-electron chi connectivity index (χ0n) is 19.5. The van der Waals surface area contributed by atoms with Crippen LogP contribution in [0.25, 0.3) is 6.08 Å². The number of esters is 1. The molecule has 1 fully saturated rings. The first-order valence-electron chi connectivity index (χ1n) is 10.6. The third-order valence-corrected chi connectivity index (χ3v) is 5.74. The van der Waals surface area contributed by atoms with Crippen molar-refractivity contribution in [1.29, 1.82) is 0 Å². The number of hydrogen-bond acceptors (Lipinski definition) is 8.